The van der Waals surface area contributed by atoms with E-state index in [0.29, 0.717) is 0 Å². The number of hydrogen-bond donors (Lipinski definition) is 0. The van der Waals surface area contributed by atoms with Gasteiger partial charge in [-0.1, -0.05) is 11.7 Å². The lowest BCUT2D eigenvalue weighted by molar-refractivity contribution is 0.414. The average Bonchev–Trinajstić information content (AvgIpc) is 2.34. The first-order valence-electron chi connectivity index (χ1n) is 2.55. The van der Waals surface area contributed by atoms with Crippen molar-refractivity contribution in [3.8, 4) is 0 Å². The van der Waals surface area contributed by atoms with Crippen molar-refractivity contribution in [2.75, 3.05) is 0 Å². The minimum Gasteiger partial charge on any atom is -0.364 e. The summed E-state index contributed by atoms with van der Waals surface area (Å²) in [5.74, 6) is 0.847. The SMILES string of the molecule is C=CSCc1ccon1. The van der Waals surface area contributed by atoms with Crippen molar-refractivity contribution in [1.82, 2.24) is 5.16 Å². The van der Waals surface area contributed by atoms with Crippen molar-refractivity contribution in [3.63, 3.8) is 0 Å². The number of nitrogens with zero attached hydrogens (tertiary/aromatic N) is 1. The Morgan fingerprint density at radius 3 is 3.33 bits per heavy atom. The van der Waals surface area contributed by atoms with E-state index in [2.05, 4.69) is 16.3 Å². The molecule has 3 heteroatoms. The highest BCUT2D eigenvalue weighted by molar-refractivity contribution is 8.01. The smallest absolute Gasteiger partial charge is 0.124 e. The maximum atomic E-state index is 4.61. The molecule has 0 bridgehead atoms. The third-order valence-corrected chi connectivity index (χ3v) is 1.54. The van der Waals surface area contributed by atoms with Gasteiger partial charge < -0.3 is 4.52 Å². The summed E-state index contributed by atoms with van der Waals surface area (Å²) in [5, 5.41) is 5.50. The molecule has 0 N–H and O–H groups in total. The van der Waals surface area contributed by atoms with Gasteiger partial charge in [0.05, 0.1) is 5.69 Å². The van der Waals surface area contributed by atoms with Crippen LogP contribution < -0.4 is 0 Å². The molecule has 0 aliphatic heterocycles. The maximum Gasteiger partial charge on any atom is 0.124 e. The number of thioether (sulfide) groups is 1. The summed E-state index contributed by atoms with van der Waals surface area (Å²) in [6.07, 6.45) is 1.57. The van der Waals surface area contributed by atoms with E-state index >= 15 is 0 Å². The van der Waals surface area contributed by atoms with Crippen molar-refractivity contribution in [2.45, 2.75) is 5.75 Å². The van der Waals surface area contributed by atoms with E-state index < -0.39 is 0 Å². The van der Waals surface area contributed by atoms with E-state index in [4.69, 9.17) is 0 Å². The van der Waals surface area contributed by atoms with Gasteiger partial charge in [0.25, 0.3) is 0 Å². The molecule has 0 aliphatic carbocycles. The quantitative estimate of drug-likeness (QED) is 0.644. The summed E-state index contributed by atoms with van der Waals surface area (Å²) in [6.45, 7) is 3.56. The summed E-state index contributed by atoms with van der Waals surface area (Å²) < 4.78 is 4.61. The Kier molecular flexibility index (Phi) is 2.39. The molecular formula is C6H7NOS. The summed E-state index contributed by atoms with van der Waals surface area (Å²) in [5.41, 5.74) is 0.958. The number of rotatable bonds is 3. The van der Waals surface area contributed by atoms with Gasteiger partial charge in [-0.15, -0.1) is 11.8 Å². The molecule has 1 aromatic rings. The molecule has 0 unspecified atom stereocenters. The Morgan fingerprint density at radius 1 is 1.89 bits per heavy atom. The van der Waals surface area contributed by atoms with E-state index in [1.807, 2.05) is 6.07 Å². The van der Waals surface area contributed by atoms with Crippen molar-refractivity contribution in [2.24, 2.45) is 0 Å². The van der Waals surface area contributed by atoms with Crippen LogP contribution in [-0.4, -0.2) is 5.16 Å². The fraction of sp³-hybridized carbons (Fsp3) is 0.167. The minimum atomic E-state index is 0.847. The van der Waals surface area contributed by atoms with E-state index in [-0.39, 0.29) is 0 Å². The van der Waals surface area contributed by atoms with Gasteiger partial charge in [-0.05, 0) is 5.41 Å². The lowest BCUT2D eigenvalue weighted by atomic mass is 10.5. The predicted octanol–water partition coefficient (Wildman–Crippen LogP) is 2.05. The standard InChI is InChI=1S/C6H7NOS/c1-2-9-5-6-3-4-8-7-6/h2-4H,1,5H2. The van der Waals surface area contributed by atoms with Crippen molar-refractivity contribution < 1.29 is 4.52 Å². The fourth-order valence-electron chi connectivity index (χ4n) is 0.456. The van der Waals surface area contributed by atoms with Crippen LogP contribution >= 0.6 is 11.8 Å². The summed E-state index contributed by atoms with van der Waals surface area (Å²) in [7, 11) is 0. The predicted molar refractivity (Wildman–Crippen MR) is 38.0 cm³/mol. The third kappa shape index (κ3) is 1.93. The lowest BCUT2D eigenvalue weighted by Crippen LogP contribution is -1.74. The maximum absolute atomic E-state index is 4.61. The summed E-state index contributed by atoms with van der Waals surface area (Å²) in [4.78, 5) is 0. The second-order valence-electron chi connectivity index (χ2n) is 1.47. The van der Waals surface area contributed by atoms with Gasteiger partial charge in [0.2, 0.25) is 0 Å². The van der Waals surface area contributed by atoms with Gasteiger partial charge in [0, 0.05) is 11.8 Å². The van der Waals surface area contributed by atoms with Crippen LogP contribution in [0.1, 0.15) is 5.69 Å². The molecule has 0 atom stereocenters. The molecule has 0 saturated heterocycles. The summed E-state index contributed by atoms with van der Waals surface area (Å²) in [6, 6.07) is 1.84. The molecule has 48 valence electrons. The topological polar surface area (TPSA) is 26.0 Å². The Labute approximate surface area is 57.9 Å². The van der Waals surface area contributed by atoms with Crippen LogP contribution in [0.25, 0.3) is 0 Å². The van der Waals surface area contributed by atoms with Crippen LogP contribution in [0.15, 0.2) is 28.8 Å². The molecule has 1 rings (SSSR count). The Hall–Kier alpha value is -0.700. The third-order valence-electron chi connectivity index (χ3n) is 0.840. The molecule has 0 spiro atoms. The first-order chi connectivity index (χ1) is 4.43. The highest BCUT2D eigenvalue weighted by Gasteiger charge is 1.91. The van der Waals surface area contributed by atoms with Gasteiger partial charge in [0.1, 0.15) is 6.26 Å². The van der Waals surface area contributed by atoms with Crippen molar-refractivity contribution in [1.29, 1.82) is 0 Å². The van der Waals surface area contributed by atoms with Crippen LogP contribution in [0.4, 0.5) is 0 Å². The molecular weight excluding hydrogens is 134 g/mol. The molecule has 0 amide bonds. The lowest BCUT2D eigenvalue weighted by Gasteiger charge is -1.84. The fourth-order valence-corrected chi connectivity index (χ4v) is 0.894. The monoisotopic (exact) mass is 141 g/mol. The molecule has 0 aliphatic rings. The van der Waals surface area contributed by atoms with Crippen LogP contribution in [-0.2, 0) is 5.75 Å². The molecule has 1 heterocycles. The van der Waals surface area contributed by atoms with Crippen LogP contribution in [0, 0.1) is 0 Å². The Bertz CT molecular complexity index is 171. The van der Waals surface area contributed by atoms with Crippen LogP contribution in [0.5, 0.6) is 0 Å². The van der Waals surface area contributed by atoms with E-state index in [1.54, 1.807) is 23.4 Å². The van der Waals surface area contributed by atoms with Gasteiger partial charge in [-0.3, -0.25) is 0 Å². The summed E-state index contributed by atoms with van der Waals surface area (Å²) >= 11 is 1.61. The zero-order chi connectivity index (χ0) is 6.53. The van der Waals surface area contributed by atoms with E-state index in [1.165, 1.54) is 0 Å². The number of aromatic nitrogens is 1. The molecule has 0 saturated carbocycles. The molecule has 2 nitrogen and oxygen atoms in total. The Morgan fingerprint density at radius 2 is 2.78 bits per heavy atom. The van der Waals surface area contributed by atoms with E-state index in [0.717, 1.165) is 11.4 Å². The molecule has 1 aromatic heterocycles. The van der Waals surface area contributed by atoms with Crippen molar-refractivity contribution in [3.05, 3.63) is 30.0 Å². The first kappa shape index (κ1) is 6.42. The zero-order valence-electron chi connectivity index (χ0n) is 4.91. The zero-order valence-corrected chi connectivity index (χ0v) is 5.73. The molecule has 0 fully saturated rings. The van der Waals surface area contributed by atoms with Gasteiger partial charge >= 0.3 is 0 Å². The first-order valence-corrected chi connectivity index (χ1v) is 3.60. The van der Waals surface area contributed by atoms with Gasteiger partial charge in [0.15, 0.2) is 0 Å². The highest BCUT2D eigenvalue weighted by atomic mass is 32.2. The Balaban J connectivity index is 2.38. The van der Waals surface area contributed by atoms with Crippen molar-refractivity contribution >= 4 is 11.8 Å². The van der Waals surface area contributed by atoms with Crippen LogP contribution in [0.3, 0.4) is 0 Å². The second kappa shape index (κ2) is 3.35. The second-order valence-corrected chi connectivity index (χ2v) is 2.42. The minimum absolute atomic E-state index is 0.847. The van der Waals surface area contributed by atoms with Crippen LogP contribution in [0.2, 0.25) is 0 Å². The normalized spacial score (nSPS) is 9.33. The molecule has 9 heavy (non-hydrogen) atoms. The largest absolute Gasteiger partial charge is 0.364 e. The highest BCUT2D eigenvalue weighted by Crippen LogP contribution is 2.09. The van der Waals surface area contributed by atoms with E-state index in [9.17, 15) is 0 Å². The van der Waals surface area contributed by atoms with Gasteiger partial charge in [-0.25, -0.2) is 0 Å². The number of hydrogen-bond acceptors (Lipinski definition) is 3. The van der Waals surface area contributed by atoms with Gasteiger partial charge in [-0.2, -0.15) is 0 Å². The molecule has 0 radical (unpaired) electrons. The molecule has 0 aromatic carbocycles. The average molecular weight is 141 g/mol.